The van der Waals surface area contributed by atoms with Crippen molar-refractivity contribution in [2.45, 2.75) is 33.6 Å². The van der Waals surface area contributed by atoms with Gasteiger partial charge in [0.2, 0.25) is 0 Å². The highest BCUT2D eigenvalue weighted by Gasteiger charge is 2.08. The van der Waals surface area contributed by atoms with E-state index in [4.69, 9.17) is 4.74 Å². The molecule has 0 aliphatic rings. The van der Waals surface area contributed by atoms with Crippen LogP contribution in [0, 0.1) is 13.8 Å². The summed E-state index contributed by atoms with van der Waals surface area (Å²) in [6.07, 6.45) is 0. The zero-order valence-corrected chi connectivity index (χ0v) is 12.4. The van der Waals surface area contributed by atoms with Crippen LogP contribution in [0.1, 0.15) is 36.5 Å². The molecule has 0 N–H and O–H groups in total. The Labute approximate surface area is 116 Å². The van der Waals surface area contributed by atoms with Crippen LogP contribution in [0.3, 0.4) is 0 Å². The van der Waals surface area contributed by atoms with Crippen LogP contribution in [-0.2, 0) is 0 Å². The second-order valence-corrected chi connectivity index (χ2v) is 5.41. The van der Waals surface area contributed by atoms with Crippen molar-refractivity contribution in [1.29, 1.82) is 0 Å². The van der Waals surface area contributed by atoms with Crippen LogP contribution in [0.5, 0.6) is 5.75 Å². The molecule has 100 valence electrons. The molecule has 0 saturated heterocycles. The SMILES string of the molecule is COc1ccc(-c2ccc(C(C)C)cc2C)c(C)c1. The van der Waals surface area contributed by atoms with Gasteiger partial charge in [0.1, 0.15) is 5.75 Å². The van der Waals surface area contributed by atoms with Gasteiger partial charge in [-0.25, -0.2) is 0 Å². The van der Waals surface area contributed by atoms with Crippen LogP contribution in [0.25, 0.3) is 11.1 Å². The van der Waals surface area contributed by atoms with Gasteiger partial charge in [0.25, 0.3) is 0 Å². The number of benzene rings is 2. The van der Waals surface area contributed by atoms with Gasteiger partial charge in [0.15, 0.2) is 0 Å². The third-order valence-corrected chi connectivity index (χ3v) is 3.64. The maximum absolute atomic E-state index is 5.27. The summed E-state index contributed by atoms with van der Waals surface area (Å²) >= 11 is 0. The molecule has 0 unspecified atom stereocenters. The van der Waals surface area contributed by atoms with Crippen molar-refractivity contribution in [2.24, 2.45) is 0 Å². The first-order valence-corrected chi connectivity index (χ1v) is 6.78. The lowest BCUT2D eigenvalue weighted by molar-refractivity contribution is 0.414. The minimum Gasteiger partial charge on any atom is -0.497 e. The molecule has 19 heavy (non-hydrogen) atoms. The lowest BCUT2D eigenvalue weighted by Crippen LogP contribution is -1.93. The van der Waals surface area contributed by atoms with E-state index in [-0.39, 0.29) is 0 Å². The second kappa shape index (κ2) is 5.48. The first kappa shape index (κ1) is 13.7. The summed E-state index contributed by atoms with van der Waals surface area (Å²) in [6.45, 7) is 8.78. The molecular weight excluding hydrogens is 232 g/mol. The number of methoxy groups -OCH3 is 1. The standard InChI is InChI=1S/C18H22O/c1-12(2)15-6-8-17(13(3)10-15)18-9-7-16(19-5)11-14(18)4/h6-12H,1-5H3. The zero-order valence-electron chi connectivity index (χ0n) is 12.4. The topological polar surface area (TPSA) is 9.23 Å². The van der Waals surface area contributed by atoms with Crippen molar-refractivity contribution in [3.8, 4) is 16.9 Å². The van der Waals surface area contributed by atoms with Crippen molar-refractivity contribution >= 4 is 0 Å². The highest BCUT2D eigenvalue weighted by atomic mass is 16.5. The number of aryl methyl sites for hydroxylation is 2. The third kappa shape index (κ3) is 2.81. The molecule has 1 heteroatoms. The van der Waals surface area contributed by atoms with Crippen molar-refractivity contribution < 1.29 is 4.74 Å². The van der Waals surface area contributed by atoms with Crippen LogP contribution in [0.4, 0.5) is 0 Å². The summed E-state index contributed by atoms with van der Waals surface area (Å²) in [5.41, 5.74) is 6.57. The summed E-state index contributed by atoms with van der Waals surface area (Å²) in [5.74, 6) is 1.49. The van der Waals surface area contributed by atoms with Crippen LogP contribution in [-0.4, -0.2) is 7.11 Å². The fourth-order valence-electron chi connectivity index (χ4n) is 2.41. The van der Waals surface area contributed by atoms with Gasteiger partial charge >= 0.3 is 0 Å². The molecule has 2 rings (SSSR count). The number of hydrogen-bond donors (Lipinski definition) is 0. The minimum absolute atomic E-state index is 0.574. The Balaban J connectivity index is 2.47. The van der Waals surface area contributed by atoms with E-state index < -0.39 is 0 Å². The fourth-order valence-corrected chi connectivity index (χ4v) is 2.41. The first-order valence-electron chi connectivity index (χ1n) is 6.78. The number of rotatable bonds is 3. The van der Waals surface area contributed by atoms with Gasteiger partial charge in [-0.1, -0.05) is 38.1 Å². The van der Waals surface area contributed by atoms with E-state index in [0.29, 0.717) is 5.92 Å². The Morgan fingerprint density at radius 2 is 1.42 bits per heavy atom. The summed E-state index contributed by atoms with van der Waals surface area (Å²) in [7, 11) is 1.71. The Morgan fingerprint density at radius 1 is 0.842 bits per heavy atom. The number of hydrogen-bond acceptors (Lipinski definition) is 1. The van der Waals surface area contributed by atoms with Crippen molar-refractivity contribution in [3.63, 3.8) is 0 Å². The molecule has 0 aromatic heterocycles. The normalized spacial score (nSPS) is 10.8. The molecule has 0 amide bonds. The molecule has 0 spiro atoms. The lowest BCUT2D eigenvalue weighted by Gasteiger charge is -2.13. The van der Waals surface area contributed by atoms with Crippen LogP contribution >= 0.6 is 0 Å². The van der Waals surface area contributed by atoms with Gasteiger partial charge in [-0.2, -0.15) is 0 Å². The molecule has 0 atom stereocenters. The lowest BCUT2D eigenvalue weighted by atomic mass is 9.92. The molecular formula is C18H22O. The van der Waals surface area contributed by atoms with Crippen LogP contribution in [0.15, 0.2) is 36.4 Å². The molecule has 0 aliphatic heterocycles. The predicted octanol–water partition coefficient (Wildman–Crippen LogP) is 5.10. The second-order valence-electron chi connectivity index (χ2n) is 5.41. The van der Waals surface area contributed by atoms with Gasteiger partial charge in [-0.05, 0) is 59.7 Å². The molecule has 0 saturated carbocycles. The van der Waals surface area contributed by atoms with E-state index in [0.717, 1.165) is 5.75 Å². The molecule has 0 heterocycles. The van der Waals surface area contributed by atoms with Gasteiger partial charge in [0, 0.05) is 0 Å². The maximum atomic E-state index is 5.27. The van der Waals surface area contributed by atoms with E-state index in [2.05, 4.69) is 58.0 Å². The van der Waals surface area contributed by atoms with Crippen molar-refractivity contribution in [3.05, 3.63) is 53.1 Å². The molecule has 0 aliphatic carbocycles. The monoisotopic (exact) mass is 254 g/mol. The molecule has 2 aromatic carbocycles. The van der Waals surface area contributed by atoms with E-state index in [1.807, 2.05) is 6.07 Å². The fraction of sp³-hybridized carbons (Fsp3) is 0.333. The van der Waals surface area contributed by atoms with Gasteiger partial charge < -0.3 is 4.74 Å². The smallest absolute Gasteiger partial charge is 0.119 e. The predicted molar refractivity (Wildman–Crippen MR) is 82.0 cm³/mol. The average molecular weight is 254 g/mol. The molecule has 2 aromatic rings. The van der Waals surface area contributed by atoms with E-state index in [1.54, 1.807) is 7.11 Å². The first-order chi connectivity index (χ1) is 9.02. The molecule has 0 fully saturated rings. The summed E-state index contributed by atoms with van der Waals surface area (Å²) < 4.78 is 5.27. The Kier molecular flexibility index (Phi) is 3.94. The Bertz CT molecular complexity index is 582. The average Bonchev–Trinajstić information content (AvgIpc) is 2.39. The Morgan fingerprint density at radius 3 is 1.89 bits per heavy atom. The molecule has 0 radical (unpaired) electrons. The zero-order chi connectivity index (χ0) is 14.0. The van der Waals surface area contributed by atoms with Gasteiger partial charge in [-0.3, -0.25) is 0 Å². The van der Waals surface area contributed by atoms with Crippen LogP contribution < -0.4 is 4.74 Å². The van der Waals surface area contributed by atoms with Crippen molar-refractivity contribution in [1.82, 2.24) is 0 Å². The highest BCUT2D eigenvalue weighted by Crippen LogP contribution is 2.31. The molecule has 0 bridgehead atoms. The summed E-state index contributed by atoms with van der Waals surface area (Å²) in [5, 5.41) is 0. The number of ether oxygens (including phenoxy) is 1. The van der Waals surface area contributed by atoms with E-state index in [9.17, 15) is 0 Å². The summed E-state index contributed by atoms with van der Waals surface area (Å²) in [6, 6.07) is 13.0. The van der Waals surface area contributed by atoms with Crippen LogP contribution in [0.2, 0.25) is 0 Å². The maximum Gasteiger partial charge on any atom is 0.119 e. The van der Waals surface area contributed by atoms with E-state index >= 15 is 0 Å². The third-order valence-electron chi connectivity index (χ3n) is 3.64. The largest absolute Gasteiger partial charge is 0.497 e. The quantitative estimate of drug-likeness (QED) is 0.740. The Hall–Kier alpha value is -1.76. The minimum atomic E-state index is 0.574. The van der Waals surface area contributed by atoms with Crippen molar-refractivity contribution in [2.75, 3.05) is 7.11 Å². The summed E-state index contributed by atoms with van der Waals surface area (Å²) in [4.78, 5) is 0. The highest BCUT2D eigenvalue weighted by molar-refractivity contribution is 5.71. The van der Waals surface area contributed by atoms with E-state index in [1.165, 1.54) is 27.8 Å². The van der Waals surface area contributed by atoms with Gasteiger partial charge in [-0.15, -0.1) is 0 Å². The molecule has 1 nitrogen and oxygen atoms in total. The van der Waals surface area contributed by atoms with Gasteiger partial charge in [0.05, 0.1) is 7.11 Å².